The van der Waals surface area contributed by atoms with Crippen LogP contribution >= 0.6 is 11.6 Å². The number of morpholine rings is 1. The zero-order valence-electron chi connectivity index (χ0n) is 16.3. The van der Waals surface area contributed by atoms with E-state index >= 15 is 0 Å². The quantitative estimate of drug-likeness (QED) is 0.601. The van der Waals surface area contributed by atoms with Crippen molar-refractivity contribution in [2.75, 3.05) is 36.1 Å². The molecule has 0 saturated carbocycles. The number of aromatic nitrogens is 1. The predicted octanol–water partition coefficient (Wildman–Crippen LogP) is 4.56. The van der Waals surface area contributed by atoms with Crippen molar-refractivity contribution in [2.45, 2.75) is 6.54 Å². The average molecular weight is 426 g/mol. The van der Waals surface area contributed by atoms with E-state index in [1.807, 2.05) is 12.1 Å². The molecule has 1 aliphatic rings. The van der Waals surface area contributed by atoms with Crippen LogP contribution in [0, 0.1) is 5.82 Å². The van der Waals surface area contributed by atoms with Crippen LogP contribution in [0.25, 0.3) is 0 Å². The summed E-state index contributed by atoms with van der Waals surface area (Å²) < 4.78 is 18.8. The highest BCUT2D eigenvalue weighted by Gasteiger charge is 2.19. The number of nitrogens with zero attached hydrogens (tertiary/aromatic N) is 3. The first kappa shape index (κ1) is 20.3. The number of carbonyl (C=O) groups is 1. The third kappa shape index (κ3) is 4.78. The standard InChI is InChI=1S/C23H21ClFN3O2/c24-19-4-2-18(3-5-19)23(29)28(21-8-6-20(25)7-9-21)16-17-1-10-22(26-15-17)27-11-13-30-14-12-27/h1-10,15H,11-14,16H2. The molecule has 0 bridgehead atoms. The van der Waals surface area contributed by atoms with Gasteiger partial charge in [0, 0.05) is 35.6 Å². The SMILES string of the molecule is O=C(c1ccc(Cl)cc1)N(Cc1ccc(N2CCOCC2)nc1)c1ccc(F)cc1. The Bertz CT molecular complexity index is 988. The molecular formula is C23H21ClFN3O2. The van der Waals surface area contributed by atoms with Crippen LogP contribution < -0.4 is 9.80 Å². The Balaban J connectivity index is 1.58. The summed E-state index contributed by atoms with van der Waals surface area (Å²) in [5, 5.41) is 0.558. The molecular weight excluding hydrogens is 405 g/mol. The molecule has 2 aromatic carbocycles. The second kappa shape index (κ2) is 9.24. The van der Waals surface area contributed by atoms with E-state index in [-0.39, 0.29) is 11.7 Å². The molecule has 1 saturated heterocycles. The Kier molecular flexibility index (Phi) is 6.26. The minimum atomic E-state index is -0.353. The van der Waals surface area contributed by atoms with E-state index in [0.717, 1.165) is 24.5 Å². The van der Waals surface area contributed by atoms with Crippen LogP contribution in [0.15, 0.2) is 66.9 Å². The van der Waals surface area contributed by atoms with E-state index in [4.69, 9.17) is 16.3 Å². The molecule has 1 aliphatic heterocycles. The van der Waals surface area contributed by atoms with E-state index in [2.05, 4.69) is 9.88 Å². The number of amides is 1. The lowest BCUT2D eigenvalue weighted by atomic mass is 10.1. The lowest BCUT2D eigenvalue weighted by Crippen LogP contribution is -2.36. The lowest BCUT2D eigenvalue weighted by Gasteiger charge is -2.28. The summed E-state index contributed by atoms with van der Waals surface area (Å²) in [5.74, 6) is 0.337. The first-order valence-corrected chi connectivity index (χ1v) is 10.1. The highest BCUT2D eigenvalue weighted by molar-refractivity contribution is 6.30. The molecule has 30 heavy (non-hydrogen) atoms. The van der Waals surface area contributed by atoms with Crippen molar-refractivity contribution in [3.63, 3.8) is 0 Å². The van der Waals surface area contributed by atoms with Gasteiger partial charge in [-0.15, -0.1) is 0 Å². The molecule has 1 amide bonds. The van der Waals surface area contributed by atoms with Crippen LogP contribution in [0.3, 0.4) is 0 Å². The Labute approximate surface area is 179 Å². The second-order valence-electron chi connectivity index (χ2n) is 7.00. The van der Waals surface area contributed by atoms with Gasteiger partial charge in [-0.3, -0.25) is 4.79 Å². The highest BCUT2D eigenvalue weighted by atomic mass is 35.5. The summed E-state index contributed by atoms with van der Waals surface area (Å²) in [6, 6.07) is 16.5. The van der Waals surface area contributed by atoms with Gasteiger partial charge in [-0.2, -0.15) is 0 Å². The number of halogens is 2. The van der Waals surface area contributed by atoms with Gasteiger partial charge in [0.05, 0.1) is 19.8 Å². The summed E-state index contributed by atoms with van der Waals surface area (Å²) in [6.07, 6.45) is 1.77. The molecule has 1 aromatic heterocycles. The van der Waals surface area contributed by atoms with Crippen LogP contribution in [0.5, 0.6) is 0 Å². The zero-order valence-corrected chi connectivity index (χ0v) is 17.1. The molecule has 3 aromatic rings. The van der Waals surface area contributed by atoms with Gasteiger partial charge in [-0.05, 0) is 60.2 Å². The first-order chi connectivity index (χ1) is 14.6. The summed E-state index contributed by atoms with van der Waals surface area (Å²) in [6.45, 7) is 3.31. The Hall–Kier alpha value is -2.96. The smallest absolute Gasteiger partial charge is 0.258 e. The fourth-order valence-corrected chi connectivity index (χ4v) is 3.45. The predicted molar refractivity (Wildman–Crippen MR) is 116 cm³/mol. The number of hydrogen-bond donors (Lipinski definition) is 0. The Morgan fingerprint density at radius 1 is 1.03 bits per heavy atom. The van der Waals surface area contributed by atoms with Crippen molar-refractivity contribution in [2.24, 2.45) is 0 Å². The molecule has 0 unspecified atom stereocenters. The fourth-order valence-electron chi connectivity index (χ4n) is 3.32. The van der Waals surface area contributed by atoms with Gasteiger partial charge in [-0.25, -0.2) is 9.37 Å². The minimum absolute atomic E-state index is 0.199. The van der Waals surface area contributed by atoms with Crippen molar-refractivity contribution in [1.82, 2.24) is 4.98 Å². The molecule has 7 heteroatoms. The summed E-state index contributed by atoms with van der Waals surface area (Å²) in [4.78, 5) is 21.5. The summed E-state index contributed by atoms with van der Waals surface area (Å²) >= 11 is 5.95. The molecule has 0 spiro atoms. The van der Waals surface area contributed by atoms with E-state index < -0.39 is 0 Å². The molecule has 0 atom stereocenters. The topological polar surface area (TPSA) is 45.7 Å². The number of hydrogen-bond acceptors (Lipinski definition) is 4. The normalized spacial score (nSPS) is 13.9. The maximum atomic E-state index is 13.4. The van der Waals surface area contributed by atoms with Gasteiger partial charge >= 0.3 is 0 Å². The van der Waals surface area contributed by atoms with Crippen LogP contribution in [0.1, 0.15) is 15.9 Å². The Morgan fingerprint density at radius 3 is 2.37 bits per heavy atom. The van der Waals surface area contributed by atoms with Gasteiger partial charge in [-0.1, -0.05) is 17.7 Å². The first-order valence-electron chi connectivity index (χ1n) is 9.71. The van der Waals surface area contributed by atoms with Gasteiger partial charge in [0.25, 0.3) is 5.91 Å². The van der Waals surface area contributed by atoms with E-state index in [0.29, 0.717) is 36.0 Å². The van der Waals surface area contributed by atoms with Gasteiger partial charge in [0.15, 0.2) is 0 Å². The van der Waals surface area contributed by atoms with Crippen LogP contribution in [-0.4, -0.2) is 37.2 Å². The van der Waals surface area contributed by atoms with Crippen molar-refractivity contribution in [3.05, 3.63) is 88.8 Å². The third-order valence-electron chi connectivity index (χ3n) is 4.96. The number of carbonyl (C=O) groups excluding carboxylic acids is 1. The van der Waals surface area contributed by atoms with Crippen molar-refractivity contribution in [3.8, 4) is 0 Å². The average Bonchev–Trinajstić information content (AvgIpc) is 2.79. The fraction of sp³-hybridized carbons (Fsp3) is 0.217. The maximum absolute atomic E-state index is 13.4. The molecule has 0 aliphatic carbocycles. The van der Waals surface area contributed by atoms with Crippen molar-refractivity contribution >= 4 is 29.0 Å². The molecule has 154 valence electrons. The number of ether oxygens (including phenoxy) is 1. The maximum Gasteiger partial charge on any atom is 0.258 e. The van der Waals surface area contributed by atoms with E-state index in [9.17, 15) is 9.18 Å². The molecule has 0 radical (unpaired) electrons. The number of anilines is 2. The Morgan fingerprint density at radius 2 is 1.73 bits per heavy atom. The zero-order chi connectivity index (χ0) is 20.9. The lowest BCUT2D eigenvalue weighted by molar-refractivity contribution is 0.0985. The van der Waals surface area contributed by atoms with Gasteiger partial charge < -0.3 is 14.5 Å². The van der Waals surface area contributed by atoms with Crippen molar-refractivity contribution in [1.29, 1.82) is 0 Å². The molecule has 2 heterocycles. The van der Waals surface area contributed by atoms with Crippen LogP contribution in [0.2, 0.25) is 5.02 Å². The molecule has 1 fully saturated rings. The summed E-state index contributed by atoms with van der Waals surface area (Å²) in [5.41, 5.74) is 1.98. The molecule has 0 N–H and O–H groups in total. The number of rotatable bonds is 5. The van der Waals surface area contributed by atoms with E-state index in [1.54, 1.807) is 47.5 Å². The minimum Gasteiger partial charge on any atom is -0.378 e. The van der Waals surface area contributed by atoms with E-state index in [1.165, 1.54) is 12.1 Å². The third-order valence-corrected chi connectivity index (χ3v) is 5.21. The second-order valence-corrected chi connectivity index (χ2v) is 7.44. The van der Waals surface area contributed by atoms with Gasteiger partial charge in [0.2, 0.25) is 0 Å². The monoisotopic (exact) mass is 425 g/mol. The van der Waals surface area contributed by atoms with Crippen LogP contribution in [-0.2, 0) is 11.3 Å². The number of benzene rings is 2. The molecule has 4 rings (SSSR count). The molecule has 5 nitrogen and oxygen atoms in total. The van der Waals surface area contributed by atoms with Gasteiger partial charge in [0.1, 0.15) is 11.6 Å². The number of pyridine rings is 1. The van der Waals surface area contributed by atoms with Crippen LogP contribution in [0.4, 0.5) is 15.9 Å². The largest absolute Gasteiger partial charge is 0.378 e. The van der Waals surface area contributed by atoms with Crippen molar-refractivity contribution < 1.29 is 13.9 Å². The highest BCUT2D eigenvalue weighted by Crippen LogP contribution is 2.22. The summed E-state index contributed by atoms with van der Waals surface area (Å²) in [7, 11) is 0.